The third-order valence-corrected chi connectivity index (χ3v) is 7.28. The third-order valence-electron chi connectivity index (χ3n) is 5.84. The van der Waals surface area contributed by atoms with Crippen molar-refractivity contribution >= 4 is 60.6 Å². The molecule has 5 aromatic carbocycles. The van der Waals surface area contributed by atoms with Crippen molar-refractivity contribution in [3.05, 3.63) is 78.4 Å². The minimum absolute atomic E-state index is 0.227. The number of benzene rings is 5. The highest BCUT2D eigenvalue weighted by molar-refractivity contribution is 7.93. The lowest BCUT2D eigenvalue weighted by atomic mass is 9.79. The average Bonchev–Trinajstić information content (AvgIpc) is 3.12. The third kappa shape index (κ3) is 2.53. The second-order valence-electron chi connectivity index (χ2n) is 7.60. The van der Waals surface area contributed by atoms with E-state index in [-0.39, 0.29) is 4.90 Å². The Hall–Kier alpha value is -3.13. The van der Waals surface area contributed by atoms with E-state index in [9.17, 15) is 13.4 Å². The molecule has 1 heterocycles. The van der Waals surface area contributed by atoms with Gasteiger partial charge in [0.15, 0.2) is 0 Å². The van der Waals surface area contributed by atoms with Crippen LogP contribution >= 0.6 is 0 Å². The van der Waals surface area contributed by atoms with Gasteiger partial charge >= 0.3 is 7.12 Å². The number of hydrogen-bond acceptors (Lipinski definition) is 4. The molecule has 5 nitrogen and oxygen atoms in total. The highest BCUT2D eigenvalue weighted by atomic mass is 32.2. The number of rotatable bonds is 3. The molecule has 2 N–H and O–H groups in total. The number of anilines is 1. The van der Waals surface area contributed by atoms with Crippen LogP contribution in [-0.4, -0.2) is 20.6 Å². The van der Waals surface area contributed by atoms with Crippen molar-refractivity contribution in [1.29, 1.82) is 0 Å². The number of nitrogens with one attached hydrogen (secondary N) is 1. The maximum absolute atomic E-state index is 13.3. The Balaban J connectivity index is 1.53. The van der Waals surface area contributed by atoms with Crippen LogP contribution in [0, 0.1) is 0 Å². The van der Waals surface area contributed by atoms with E-state index in [4.69, 9.17) is 4.65 Å². The normalized spacial score (nSPS) is 14.1. The second kappa shape index (κ2) is 6.19. The largest absolute Gasteiger partial charge is 0.491 e. The van der Waals surface area contributed by atoms with Crippen LogP contribution in [-0.2, 0) is 21.3 Å². The van der Waals surface area contributed by atoms with Crippen molar-refractivity contribution < 1.29 is 18.1 Å². The first kappa shape index (κ1) is 17.7. The summed E-state index contributed by atoms with van der Waals surface area (Å²) in [5.41, 5.74) is 1.84. The quantitative estimate of drug-likeness (QED) is 0.350. The van der Waals surface area contributed by atoms with Gasteiger partial charge in [0.2, 0.25) is 0 Å². The summed E-state index contributed by atoms with van der Waals surface area (Å²) in [4.78, 5) is 0.227. The van der Waals surface area contributed by atoms with E-state index in [2.05, 4.69) is 10.8 Å². The molecule has 0 aromatic heterocycles. The lowest BCUT2D eigenvalue weighted by Gasteiger charge is -2.15. The Morgan fingerprint density at radius 2 is 1.57 bits per heavy atom. The van der Waals surface area contributed by atoms with Crippen LogP contribution in [0.3, 0.4) is 0 Å². The van der Waals surface area contributed by atoms with E-state index in [1.807, 2.05) is 42.5 Å². The van der Waals surface area contributed by atoms with E-state index >= 15 is 0 Å². The smallest absolute Gasteiger partial charge is 0.423 e. The second-order valence-corrected chi connectivity index (χ2v) is 9.25. The first-order valence-corrected chi connectivity index (χ1v) is 11.1. The van der Waals surface area contributed by atoms with Gasteiger partial charge in [0, 0.05) is 11.1 Å². The van der Waals surface area contributed by atoms with Crippen LogP contribution in [0.1, 0.15) is 5.56 Å². The van der Waals surface area contributed by atoms with Crippen LogP contribution in [0.2, 0.25) is 0 Å². The molecule has 1 aliphatic heterocycles. The van der Waals surface area contributed by atoms with Crippen LogP contribution in [0.15, 0.2) is 77.7 Å². The summed E-state index contributed by atoms with van der Waals surface area (Å²) < 4.78 is 34.5. The lowest BCUT2D eigenvalue weighted by molar-refractivity contribution is 0.275. The van der Waals surface area contributed by atoms with Crippen molar-refractivity contribution in [2.24, 2.45) is 0 Å². The van der Waals surface area contributed by atoms with Crippen LogP contribution < -0.4 is 10.2 Å². The van der Waals surface area contributed by atoms with Crippen LogP contribution in [0.5, 0.6) is 0 Å². The van der Waals surface area contributed by atoms with Gasteiger partial charge in [-0.3, -0.25) is 4.72 Å². The highest BCUT2D eigenvalue weighted by Gasteiger charge is 2.28. The zero-order chi connectivity index (χ0) is 20.5. The van der Waals surface area contributed by atoms with Gasteiger partial charge in [-0.2, -0.15) is 0 Å². The van der Waals surface area contributed by atoms with Crippen molar-refractivity contribution in [3.63, 3.8) is 0 Å². The van der Waals surface area contributed by atoms with E-state index in [0.717, 1.165) is 32.5 Å². The fourth-order valence-electron chi connectivity index (χ4n) is 4.43. The van der Waals surface area contributed by atoms with Crippen molar-refractivity contribution in [3.8, 4) is 0 Å². The Bertz CT molecular complexity index is 1550. The van der Waals surface area contributed by atoms with E-state index in [1.165, 1.54) is 0 Å². The maximum Gasteiger partial charge on any atom is 0.491 e. The van der Waals surface area contributed by atoms with Gasteiger partial charge in [-0.05, 0) is 56.2 Å². The summed E-state index contributed by atoms with van der Waals surface area (Å²) >= 11 is 0. The predicted molar refractivity (Wildman–Crippen MR) is 120 cm³/mol. The topological polar surface area (TPSA) is 75.6 Å². The molecular formula is C23H16BNO4S. The Morgan fingerprint density at radius 1 is 0.867 bits per heavy atom. The van der Waals surface area contributed by atoms with Gasteiger partial charge in [-0.25, -0.2) is 8.42 Å². The van der Waals surface area contributed by atoms with Gasteiger partial charge in [-0.15, -0.1) is 0 Å². The Morgan fingerprint density at radius 3 is 2.37 bits per heavy atom. The number of sulfonamides is 1. The molecule has 0 spiro atoms. The minimum Gasteiger partial charge on any atom is -0.423 e. The minimum atomic E-state index is -3.85. The van der Waals surface area contributed by atoms with E-state index < -0.39 is 17.1 Å². The van der Waals surface area contributed by atoms with Crippen LogP contribution in [0.4, 0.5) is 5.69 Å². The SMILES string of the molecule is O=S(=O)(Nc1ccc2c(c1)B(O)OC2)c1ccc2ccc3cccc4ccc1c2c34. The fraction of sp³-hybridized carbons (Fsp3) is 0.0435. The first-order chi connectivity index (χ1) is 14.5. The predicted octanol–water partition coefficient (Wildman–Crippen LogP) is 3.60. The van der Waals surface area contributed by atoms with Crippen molar-refractivity contribution in [2.45, 2.75) is 11.5 Å². The van der Waals surface area contributed by atoms with Gasteiger partial charge in [0.1, 0.15) is 0 Å². The molecule has 0 fully saturated rings. The molecule has 0 bridgehead atoms. The zero-order valence-corrected chi connectivity index (χ0v) is 16.6. The summed E-state index contributed by atoms with van der Waals surface area (Å²) in [5, 5.41) is 15.8. The number of hydrogen-bond donors (Lipinski definition) is 2. The zero-order valence-electron chi connectivity index (χ0n) is 15.8. The van der Waals surface area contributed by atoms with Gasteiger partial charge in [-0.1, -0.05) is 54.6 Å². The Labute approximate surface area is 173 Å². The molecule has 30 heavy (non-hydrogen) atoms. The summed E-state index contributed by atoms with van der Waals surface area (Å²) in [7, 11) is -4.87. The lowest BCUT2D eigenvalue weighted by Crippen LogP contribution is -2.28. The molecule has 0 saturated heterocycles. The molecule has 7 heteroatoms. The van der Waals surface area contributed by atoms with Gasteiger partial charge < -0.3 is 9.68 Å². The highest BCUT2D eigenvalue weighted by Crippen LogP contribution is 2.37. The number of fused-ring (bicyclic) bond motifs is 1. The first-order valence-electron chi connectivity index (χ1n) is 9.63. The summed E-state index contributed by atoms with van der Waals surface area (Å²) in [6.45, 7) is 0.318. The fourth-order valence-corrected chi connectivity index (χ4v) is 5.69. The molecule has 0 saturated carbocycles. The van der Waals surface area contributed by atoms with Crippen LogP contribution in [0.25, 0.3) is 32.3 Å². The van der Waals surface area contributed by atoms with Crippen molar-refractivity contribution in [2.75, 3.05) is 4.72 Å². The molecule has 0 atom stereocenters. The molecule has 0 unspecified atom stereocenters. The standard InChI is InChI=1S/C23H16BNO4S/c26-24-20-12-18(9-6-17(20)13-29-24)25-30(27,28)21-11-8-16-5-4-14-2-1-3-15-7-10-19(21)23(16)22(14)15/h1-12,25-26H,13H2. The van der Waals surface area contributed by atoms with Crippen molar-refractivity contribution in [1.82, 2.24) is 0 Å². The summed E-state index contributed by atoms with van der Waals surface area (Å²) in [6, 6.07) is 22.6. The summed E-state index contributed by atoms with van der Waals surface area (Å²) in [5.74, 6) is 0. The summed E-state index contributed by atoms with van der Waals surface area (Å²) in [6.07, 6.45) is 0. The Kier molecular flexibility index (Phi) is 3.65. The molecular weight excluding hydrogens is 397 g/mol. The monoisotopic (exact) mass is 413 g/mol. The van der Waals surface area contributed by atoms with E-state index in [0.29, 0.717) is 23.1 Å². The molecule has 0 radical (unpaired) electrons. The molecule has 5 aromatic rings. The van der Waals surface area contributed by atoms with E-state index in [1.54, 1.807) is 24.3 Å². The average molecular weight is 413 g/mol. The van der Waals surface area contributed by atoms with Gasteiger partial charge in [0.25, 0.3) is 10.0 Å². The van der Waals surface area contributed by atoms with Gasteiger partial charge in [0.05, 0.1) is 11.5 Å². The maximum atomic E-state index is 13.3. The molecule has 1 aliphatic rings. The molecule has 146 valence electrons. The molecule has 6 rings (SSSR count). The molecule has 0 amide bonds. The molecule has 0 aliphatic carbocycles.